The molecule has 0 spiro atoms. The standard InChI is InChI=1S/C15H22ClNO/c1-3-9-17-14-6-4-5-12(14)13-10-11(16)7-8-15(13)18-2/h7-8,10,12,14,17H,3-6,9H2,1-2H3. The Morgan fingerprint density at radius 3 is 2.94 bits per heavy atom. The molecular formula is C15H22ClNO. The van der Waals surface area contributed by atoms with Gasteiger partial charge in [-0.3, -0.25) is 0 Å². The first kappa shape index (κ1) is 13.7. The van der Waals surface area contributed by atoms with Crippen molar-refractivity contribution in [1.29, 1.82) is 0 Å². The van der Waals surface area contributed by atoms with Crippen LogP contribution < -0.4 is 10.1 Å². The number of halogens is 1. The highest BCUT2D eigenvalue weighted by Gasteiger charge is 2.30. The van der Waals surface area contributed by atoms with Crippen LogP contribution in [0.25, 0.3) is 0 Å². The Morgan fingerprint density at radius 1 is 1.39 bits per heavy atom. The van der Waals surface area contributed by atoms with Gasteiger partial charge in [0.15, 0.2) is 0 Å². The van der Waals surface area contributed by atoms with Gasteiger partial charge in [-0.25, -0.2) is 0 Å². The van der Waals surface area contributed by atoms with Crippen LogP contribution in [0.5, 0.6) is 5.75 Å². The molecule has 1 saturated carbocycles. The van der Waals surface area contributed by atoms with E-state index in [1.807, 2.05) is 12.1 Å². The number of hydrogen-bond donors (Lipinski definition) is 1. The third-order valence-corrected chi connectivity index (χ3v) is 4.00. The number of methoxy groups -OCH3 is 1. The highest BCUT2D eigenvalue weighted by atomic mass is 35.5. The van der Waals surface area contributed by atoms with Gasteiger partial charge < -0.3 is 10.1 Å². The molecule has 18 heavy (non-hydrogen) atoms. The average molecular weight is 268 g/mol. The molecule has 2 unspecified atom stereocenters. The van der Waals surface area contributed by atoms with Gasteiger partial charge in [-0.05, 0) is 44.0 Å². The van der Waals surface area contributed by atoms with Crippen LogP contribution in [0.1, 0.15) is 44.1 Å². The predicted molar refractivity (Wildman–Crippen MR) is 76.7 cm³/mol. The fourth-order valence-corrected chi connectivity index (χ4v) is 3.08. The van der Waals surface area contributed by atoms with Crippen molar-refractivity contribution in [3.05, 3.63) is 28.8 Å². The Kier molecular flexibility index (Phi) is 4.90. The van der Waals surface area contributed by atoms with Crippen LogP contribution in [0.2, 0.25) is 5.02 Å². The minimum atomic E-state index is 0.533. The second-order valence-corrected chi connectivity index (χ2v) is 5.42. The largest absolute Gasteiger partial charge is 0.496 e. The first-order chi connectivity index (χ1) is 8.76. The Morgan fingerprint density at radius 2 is 2.22 bits per heavy atom. The number of rotatable bonds is 5. The van der Waals surface area contributed by atoms with Gasteiger partial charge in [-0.2, -0.15) is 0 Å². The maximum absolute atomic E-state index is 6.13. The van der Waals surface area contributed by atoms with Crippen molar-refractivity contribution in [2.45, 2.75) is 44.6 Å². The third-order valence-electron chi connectivity index (χ3n) is 3.76. The normalized spacial score (nSPS) is 23.3. The van der Waals surface area contributed by atoms with E-state index in [1.54, 1.807) is 7.11 Å². The molecular weight excluding hydrogens is 246 g/mol. The Balaban J connectivity index is 2.20. The maximum Gasteiger partial charge on any atom is 0.122 e. The molecule has 2 rings (SSSR count). The SMILES string of the molecule is CCCNC1CCCC1c1cc(Cl)ccc1OC. The van der Waals surface area contributed by atoms with Crippen LogP contribution in [-0.4, -0.2) is 19.7 Å². The summed E-state index contributed by atoms with van der Waals surface area (Å²) in [5.41, 5.74) is 1.26. The van der Waals surface area contributed by atoms with Gasteiger partial charge >= 0.3 is 0 Å². The van der Waals surface area contributed by atoms with Crippen molar-refractivity contribution < 1.29 is 4.74 Å². The second kappa shape index (κ2) is 6.44. The summed E-state index contributed by atoms with van der Waals surface area (Å²) in [5, 5.41) is 4.45. The number of nitrogens with one attached hydrogen (secondary N) is 1. The monoisotopic (exact) mass is 267 g/mol. The summed E-state index contributed by atoms with van der Waals surface area (Å²) in [4.78, 5) is 0. The zero-order valence-corrected chi connectivity index (χ0v) is 12.0. The molecule has 1 N–H and O–H groups in total. The van der Waals surface area contributed by atoms with Gasteiger partial charge in [0.2, 0.25) is 0 Å². The van der Waals surface area contributed by atoms with Crippen molar-refractivity contribution in [3.63, 3.8) is 0 Å². The van der Waals surface area contributed by atoms with Crippen molar-refractivity contribution in [2.24, 2.45) is 0 Å². The van der Waals surface area contributed by atoms with E-state index in [9.17, 15) is 0 Å². The molecule has 0 amide bonds. The van der Waals surface area contributed by atoms with E-state index in [0.717, 1.165) is 17.3 Å². The van der Waals surface area contributed by atoms with Crippen LogP contribution in [-0.2, 0) is 0 Å². The molecule has 3 heteroatoms. The highest BCUT2D eigenvalue weighted by Crippen LogP contribution is 2.40. The van der Waals surface area contributed by atoms with Crippen molar-refractivity contribution in [2.75, 3.05) is 13.7 Å². The van der Waals surface area contributed by atoms with Gasteiger partial charge in [-0.15, -0.1) is 0 Å². The molecule has 0 aromatic heterocycles. The topological polar surface area (TPSA) is 21.3 Å². The minimum Gasteiger partial charge on any atom is -0.496 e. The summed E-state index contributed by atoms with van der Waals surface area (Å²) in [6, 6.07) is 6.51. The van der Waals surface area contributed by atoms with Crippen LogP contribution in [0, 0.1) is 0 Å². The van der Waals surface area contributed by atoms with Gasteiger partial charge in [-0.1, -0.05) is 24.9 Å². The maximum atomic E-state index is 6.13. The molecule has 1 fully saturated rings. The van der Waals surface area contributed by atoms with E-state index < -0.39 is 0 Å². The molecule has 0 aliphatic heterocycles. The zero-order valence-electron chi connectivity index (χ0n) is 11.2. The molecule has 1 aliphatic rings. The molecule has 2 atom stereocenters. The summed E-state index contributed by atoms with van der Waals surface area (Å²) in [5.74, 6) is 1.50. The fourth-order valence-electron chi connectivity index (χ4n) is 2.90. The Hall–Kier alpha value is -0.730. The smallest absolute Gasteiger partial charge is 0.122 e. The Labute approximate surface area is 115 Å². The van der Waals surface area contributed by atoms with Crippen LogP contribution in [0.4, 0.5) is 0 Å². The van der Waals surface area contributed by atoms with Gasteiger partial charge in [0.25, 0.3) is 0 Å². The zero-order chi connectivity index (χ0) is 13.0. The lowest BCUT2D eigenvalue weighted by Crippen LogP contribution is -2.31. The molecule has 1 aromatic carbocycles. The Bertz CT molecular complexity index is 394. The van der Waals surface area contributed by atoms with E-state index in [4.69, 9.17) is 16.3 Å². The summed E-state index contributed by atoms with van der Waals surface area (Å²) >= 11 is 6.13. The first-order valence-corrected chi connectivity index (χ1v) is 7.21. The van der Waals surface area contributed by atoms with Crippen LogP contribution >= 0.6 is 11.6 Å². The molecule has 0 bridgehead atoms. The van der Waals surface area contributed by atoms with E-state index in [2.05, 4.69) is 18.3 Å². The van der Waals surface area contributed by atoms with Crippen molar-refractivity contribution in [3.8, 4) is 5.75 Å². The summed E-state index contributed by atoms with van der Waals surface area (Å²) in [7, 11) is 1.73. The van der Waals surface area contributed by atoms with E-state index in [1.165, 1.54) is 31.2 Å². The lowest BCUT2D eigenvalue weighted by Gasteiger charge is -2.23. The summed E-state index contributed by atoms with van der Waals surface area (Å²) in [6.45, 7) is 3.29. The predicted octanol–water partition coefficient (Wildman–Crippen LogP) is 3.98. The fraction of sp³-hybridized carbons (Fsp3) is 0.600. The highest BCUT2D eigenvalue weighted by molar-refractivity contribution is 6.30. The first-order valence-electron chi connectivity index (χ1n) is 6.83. The van der Waals surface area contributed by atoms with Crippen molar-refractivity contribution >= 4 is 11.6 Å². The van der Waals surface area contributed by atoms with E-state index >= 15 is 0 Å². The molecule has 0 heterocycles. The second-order valence-electron chi connectivity index (χ2n) is 4.98. The molecule has 100 valence electrons. The summed E-state index contributed by atoms with van der Waals surface area (Å²) < 4.78 is 5.48. The molecule has 2 nitrogen and oxygen atoms in total. The number of ether oxygens (including phenoxy) is 1. The quantitative estimate of drug-likeness (QED) is 0.871. The minimum absolute atomic E-state index is 0.533. The number of benzene rings is 1. The molecule has 0 saturated heterocycles. The van der Waals surface area contributed by atoms with Gasteiger partial charge in [0.1, 0.15) is 5.75 Å². The number of hydrogen-bond acceptors (Lipinski definition) is 2. The van der Waals surface area contributed by atoms with Crippen molar-refractivity contribution in [1.82, 2.24) is 5.32 Å². The summed E-state index contributed by atoms with van der Waals surface area (Å²) in [6.07, 6.45) is 4.93. The van der Waals surface area contributed by atoms with Crippen LogP contribution in [0.15, 0.2) is 18.2 Å². The van der Waals surface area contributed by atoms with Gasteiger partial charge in [0.05, 0.1) is 7.11 Å². The van der Waals surface area contributed by atoms with E-state index in [-0.39, 0.29) is 0 Å². The van der Waals surface area contributed by atoms with E-state index in [0.29, 0.717) is 12.0 Å². The van der Waals surface area contributed by atoms with Crippen LogP contribution in [0.3, 0.4) is 0 Å². The lowest BCUT2D eigenvalue weighted by molar-refractivity contribution is 0.397. The molecule has 1 aromatic rings. The molecule has 0 radical (unpaired) electrons. The third kappa shape index (κ3) is 2.99. The average Bonchev–Trinajstić information content (AvgIpc) is 2.84. The molecule has 1 aliphatic carbocycles. The lowest BCUT2D eigenvalue weighted by atomic mass is 9.93. The van der Waals surface area contributed by atoms with Gasteiger partial charge in [0, 0.05) is 22.5 Å².